The van der Waals surface area contributed by atoms with E-state index in [1.54, 1.807) is 18.3 Å². The van der Waals surface area contributed by atoms with Crippen LogP contribution in [0, 0.1) is 6.92 Å². The van der Waals surface area contributed by atoms with Gasteiger partial charge < -0.3 is 15.4 Å². The molecular weight excluding hydrogens is 516 g/mol. The maximum absolute atomic E-state index is 12.3. The molecule has 4 N–H and O–H groups in total. The molecule has 0 atom stereocenters. The van der Waals surface area contributed by atoms with E-state index in [0.717, 1.165) is 29.7 Å². The lowest BCUT2D eigenvalue weighted by molar-refractivity contribution is 0.204. The Bertz CT molecular complexity index is 1430. The van der Waals surface area contributed by atoms with Gasteiger partial charge in [0.1, 0.15) is 5.82 Å². The fraction of sp³-hybridized carbons (Fsp3) is 0.333. The summed E-state index contributed by atoms with van der Waals surface area (Å²) >= 11 is 0. The molecule has 0 unspecified atom stereocenters. The van der Waals surface area contributed by atoms with Crippen LogP contribution in [0.2, 0.25) is 0 Å². The van der Waals surface area contributed by atoms with Gasteiger partial charge in [0.25, 0.3) is 0 Å². The molecule has 1 aromatic heterocycles. The van der Waals surface area contributed by atoms with Crippen LogP contribution >= 0.6 is 0 Å². The van der Waals surface area contributed by atoms with Crippen molar-refractivity contribution < 1.29 is 21.6 Å². The number of methoxy groups -OCH3 is 1. The molecule has 11 nitrogen and oxygen atoms in total. The van der Waals surface area contributed by atoms with Crippen LogP contribution in [-0.4, -0.2) is 52.3 Å². The molecule has 1 saturated carbocycles. The Hall–Kier alpha value is -3.10. The maximum Gasteiger partial charge on any atom is 0.240 e. The highest BCUT2D eigenvalue weighted by atomic mass is 32.2. The molecule has 1 aliphatic carbocycles. The van der Waals surface area contributed by atoms with Crippen molar-refractivity contribution in [2.75, 3.05) is 30.9 Å². The van der Waals surface area contributed by atoms with Gasteiger partial charge in [0, 0.05) is 43.3 Å². The Labute approximate surface area is 217 Å². The molecule has 1 heterocycles. The van der Waals surface area contributed by atoms with Gasteiger partial charge in [-0.05, 0) is 61.7 Å². The summed E-state index contributed by atoms with van der Waals surface area (Å²) in [7, 11) is -5.34. The first-order valence-electron chi connectivity index (χ1n) is 11.7. The fourth-order valence-corrected chi connectivity index (χ4v) is 5.73. The van der Waals surface area contributed by atoms with E-state index in [4.69, 9.17) is 4.74 Å². The van der Waals surface area contributed by atoms with Crippen LogP contribution < -0.4 is 20.1 Å². The van der Waals surface area contributed by atoms with E-state index in [0.29, 0.717) is 17.5 Å². The molecule has 0 saturated heterocycles. The second-order valence-electron chi connectivity index (χ2n) is 8.65. The topological polar surface area (TPSA) is 151 Å². The van der Waals surface area contributed by atoms with E-state index in [1.807, 2.05) is 31.2 Å². The van der Waals surface area contributed by atoms with Gasteiger partial charge in [-0.3, -0.25) is 0 Å². The highest BCUT2D eigenvalue weighted by Gasteiger charge is 2.35. The Morgan fingerprint density at radius 3 is 2.22 bits per heavy atom. The summed E-state index contributed by atoms with van der Waals surface area (Å²) in [6.07, 6.45) is 3.14. The molecule has 13 heteroatoms. The Kier molecular flexibility index (Phi) is 8.39. The summed E-state index contributed by atoms with van der Waals surface area (Å²) in [6, 6.07) is 13.7. The minimum atomic E-state index is -3.62. The highest BCUT2D eigenvalue weighted by Crippen LogP contribution is 2.27. The number of benzene rings is 2. The number of aryl methyl sites for hydroxylation is 1. The van der Waals surface area contributed by atoms with Crippen molar-refractivity contribution in [3.63, 3.8) is 0 Å². The number of rotatable bonds is 13. The van der Waals surface area contributed by atoms with Gasteiger partial charge >= 0.3 is 0 Å². The van der Waals surface area contributed by atoms with Crippen molar-refractivity contribution >= 4 is 43.2 Å². The summed E-state index contributed by atoms with van der Waals surface area (Å²) in [5, 5.41) is 6.09. The van der Waals surface area contributed by atoms with Gasteiger partial charge in [0.15, 0.2) is 0 Å². The zero-order valence-corrected chi connectivity index (χ0v) is 22.2. The smallest absolute Gasteiger partial charge is 0.240 e. The van der Waals surface area contributed by atoms with Crippen LogP contribution in [0.3, 0.4) is 0 Å². The Balaban J connectivity index is 1.37. The third-order valence-corrected chi connectivity index (χ3v) is 9.02. The molecule has 1 fully saturated rings. The number of hydrogen-bond donors (Lipinski definition) is 4. The van der Waals surface area contributed by atoms with Crippen molar-refractivity contribution in [2.24, 2.45) is 0 Å². The van der Waals surface area contributed by atoms with E-state index in [1.165, 1.54) is 19.2 Å². The summed E-state index contributed by atoms with van der Waals surface area (Å²) in [6.45, 7) is 2.60. The van der Waals surface area contributed by atoms with Gasteiger partial charge in [-0.2, -0.15) is 4.98 Å². The second kappa shape index (κ2) is 11.5. The van der Waals surface area contributed by atoms with Crippen molar-refractivity contribution in [2.45, 2.75) is 36.5 Å². The number of nitrogens with zero attached hydrogens (tertiary/aromatic N) is 2. The summed E-state index contributed by atoms with van der Waals surface area (Å²) in [4.78, 5) is 8.98. The monoisotopic (exact) mass is 546 g/mol. The predicted molar refractivity (Wildman–Crippen MR) is 142 cm³/mol. The Morgan fingerprint density at radius 2 is 1.57 bits per heavy atom. The van der Waals surface area contributed by atoms with Gasteiger partial charge in [-0.15, -0.1) is 0 Å². The molecule has 3 aromatic rings. The molecule has 0 bridgehead atoms. The molecule has 0 radical (unpaired) electrons. The number of ether oxygens (including phenoxy) is 1. The zero-order chi connectivity index (χ0) is 26.5. The van der Waals surface area contributed by atoms with Gasteiger partial charge in [0.05, 0.1) is 16.8 Å². The second-order valence-corrected chi connectivity index (χ2v) is 12.5. The van der Waals surface area contributed by atoms with Crippen LogP contribution in [0.1, 0.15) is 24.0 Å². The molecular formula is C24H30N6O5S2. The number of aromatic nitrogens is 2. The van der Waals surface area contributed by atoms with Crippen molar-refractivity contribution in [1.82, 2.24) is 19.4 Å². The van der Waals surface area contributed by atoms with Gasteiger partial charge in [-0.25, -0.2) is 31.3 Å². The van der Waals surface area contributed by atoms with Crippen molar-refractivity contribution in [1.29, 1.82) is 0 Å². The molecule has 198 valence electrons. The summed E-state index contributed by atoms with van der Waals surface area (Å²) < 4.78 is 58.6. The predicted octanol–water partition coefficient (Wildman–Crippen LogP) is 2.78. The van der Waals surface area contributed by atoms with Crippen LogP contribution in [0.4, 0.5) is 23.1 Å². The van der Waals surface area contributed by atoms with Crippen molar-refractivity contribution in [3.05, 3.63) is 65.9 Å². The lowest BCUT2D eigenvalue weighted by atomic mass is 10.2. The molecule has 0 aliphatic heterocycles. The summed E-state index contributed by atoms with van der Waals surface area (Å²) in [5.74, 6) is 0.939. The van der Waals surface area contributed by atoms with Crippen LogP contribution in [0.5, 0.6) is 0 Å². The zero-order valence-electron chi connectivity index (χ0n) is 20.6. The number of nitrogens with one attached hydrogen (secondary N) is 4. The van der Waals surface area contributed by atoms with Crippen LogP contribution in [-0.2, 0) is 31.3 Å². The van der Waals surface area contributed by atoms with E-state index in [2.05, 4.69) is 30.0 Å². The minimum absolute atomic E-state index is 0.144. The Morgan fingerprint density at radius 1 is 0.919 bits per heavy atom. The fourth-order valence-electron chi connectivity index (χ4n) is 3.36. The number of anilines is 4. The van der Waals surface area contributed by atoms with E-state index >= 15 is 0 Å². The molecule has 37 heavy (non-hydrogen) atoms. The minimum Gasteiger partial charge on any atom is -0.383 e. The normalized spacial score (nSPS) is 13.9. The largest absolute Gasteiger partial charge is 0.383 e. The molecule has 4 rings (SSSR count). The third-order valence-electron chi connectivity index (χ3n) is 5.65. The molecule has 0 amide bonds. The van der Waals surface area contributed by atoms with Gasteiger partial charge in [-0.1, -0.05) is 12.1 Å². The third kappa shape index (κ3) is 7.46. The van der Waals surface area contributed by atoms with Crippen LogP contribution in [0.25, 0.3) is 0 Å². The SMILES string of the molecule is COCCNS(=O)(=O)c1ccc(Nc2ncc(C)c(Nc3ccc(CNS(=O)(=O)C4CC4)cc3)n2)cc1. The lowest BCUT2D eigenvalue weighted by Crippen LogP contribution is -2.27. The quantitative estimate of drug-likeness (QED) is 0.237. The van der Waals surface area contributed by atoms with E-state index < -0.39 is 20.0 Å². The average Bonchev–Trinajstić information content (AvgIpc) is 3.73. The molecule has 1 aliphatic rings. The van der Waals surface area contributed by atoms with Crippen molar-refractivity contribution in [3.8, 4) is 0 Å². The highest BCUT2D eigenvalue weighted by molar-refractivity contribution is 7.90. The van der Waals surface area contributed by atoms with E-state index in [-0.39, 0.29) is 29.8 Å². The summed E-state index contributed by atoms with van der Waals surface area (Å²) in [5.41, 5.74) is 3.10. The first kappa shape index (κ1) is 26.9. The lowest BCUT2D eigenvalue weighted by Gasteiger charge is -2.12. The van der Waals surface area contributed by atoms with Gasteiger partial charge in [0.2, 0.25) is 26.0 Å². The number of hydrogen-bond acceptors (Lipinski definition) is 9. The standard InChI is InChI=1S/C24H30N6O5S2/c1-17-15-25-24(29-20-7-9-21(10-8-20)36(31,32)26-13-14-35-2)30-23(17)28-19-5-3-18(4-6-19)16-27-37(33,34)22-11-12-22/h3-10,15,22,26-27H,11-14,16H2,1-2H3,(H2,25,28,29,30). The first-order valence-corrected chi connectivity index (χ1v) is 14.7. The number of sulfonamides is 2. The average molecular weight is 547 g/mol. The maximum atomic E-state index is 12.3. The van der Waals surface area contributed by atoms with E-state index in [9.17, 15) is 16.8 Å². The first-order chi connectivity index (χ1) is 17.7. The van der Waals surface area contributed by atoms with Crippen LogP contribution in [0.15, 0.2) is 59.6 Å². The molecule has 0 spiro atoms. The molecule has 2 aromatic carbocycles.